The first-order valence-electron chi connectivity index (χ1n) is 24.3. The lowest BCUT2D eigenvalue weighted by atomic mass is 9.70. The van der Waals surface area contributed by atoms with Crippen LogP contribution in [0.1, 0.15) is 44.5 Å². The Morgan fingerprint density at radius 1 is 0.217 bits per heavy atom. The van der Waals surface area contributed by atoms with Crippen LogP contribution in [0.3, 0.4) is 0 Å². The van der Waals surface area contributed by atoms with Crippen molar-refractivity contribution in [3.8, 4) is 44.5 Å². The van der Waals surface area contributed by atoms with Crippen LogP contribution in [0, 0.1) is 0 Å². The Bertz CT molecular complexity index is 3910. The molecule has 0 heterocycles. The van der Waals surface area contributed by atoms with Crippen LogP contribution in [0.15, 0.2) is 249 Å². The van der Waals surface area contributed by atoms with E-state index in [9.17, 15) is 0 Å². The highest BCUT2D eigenvalue weighted by Gasteiger charge is 2.54. The van der Waals surface area contributed by atoms with Crippen LogP contribution in [0.2, 0.25) is 0 Å². The average molecular weight is 872 g/mol. The van der Waals surface area contributed by atoms with Crippen LogP contribution >= 0.6 is 0 Å². The molecule has 12 aromatic carbocycles. The van der Waals surface area contributed by atoms with Gasteiger partial charge in [0.25, 0.3) is 0 Å². The predicted molar refractivity (Wildman–Crippen MR) is 286 cm³/mol. The van der Waals surface area contributed by atoms with Crippen LogP contribution in [0.25, 0.3) is 76.8 Å². The van der Waals surface area contributed by atoms with E-state index in [0.717, 1.165) is 5.69 Å². The predicted octanol–water partition coefficient (Wildman–Crippen LogP) is 17.3. The number of fused-ring (bicyclic) bond motifs is 26. The number of rotatable bonds is 3. The first kappa shape index (κ1) is 37.3. The fourth-order valence-corrected chi connectivity index (χ4v) is 14.1. The zero-order chi connectivity index (χ0) is 45.0. The molecule has 16 rings (SSSR count). The molecule has 0 unspecified atom stereocenters. The normalized spacial score (nSPS) is 14.3. The van der Waals surface area contributed by atoms with Gasteiger partial charge in [0.2, 0.25) is 0 Å². The molecule has 1 nitrogen and oxygen atoms in total. The summed E-state index contributed by atoms with van der Waals surface area (Å²) in [6, 6.07) is 94.4. The number of benzene rings is 12. The Balaban J connectivity index is 1.05. The summed E-state index contributed by atoms with van der Waals surface area (Å²) in [7, 11) is 0. The molecule has 0 atom stereocenters. The molecule has 0 amide bonds. The zero-order valence-corrected chi connectivity index (χ0v) is 37.6. The van der Waals surface area contributed by atoms with Crippen molar-refractivity contribution in [1.82, 2.24) is 0 Å². The highest BCUT2D eigenvalue weighted by atomic mass is 15.1. The molecule has 12 aromatic rings. The van der Waals surface area contributed by atoms with E-state index in [2.05, 4.69) is 254 Å². The van der Waals surface area contributed by atoms with E-state index >= 15 is 0 Å². The Hall–Kier alpha value is -8.78. The summed E-state index contributed by atoms with van der Waals surface area (Å²) >= 11 is 0. The van der Waals surface area contributed by atoms with Gasteiger partial charge in [0.15, 0.2) is 0 Å². The Kier molecular flexibility index (Phi) is 7.27. The van der Waals surface area contributed by atoms with Crippen molar-refractivity contribution in [2.75, 3.05) is 4.90 Å². The molecular weight excluding hydrogens is 831 g/mol. The second kappa shape index (κ2) is 13.4. The van der Waals surface area contributed by atoms with Gasteiger partial charge in [-0.05, 0) is 134 Å². The molecule has 2 spiro atoms. The van der Waals surface area contributed by atoms with Gasteiger partial charge in [-0.3, -0.25) is 0 Å². The summed E-state index contributed by atoms with van der Waals surface area (Å²) in [6.45, 7) is 0. The van der Waals surface area contributed by atoms with Gasteiger partial charge in [-0.15, -0.1) is 0 Å². The minimum Gasteiger partial charge on any atom is -0.309 e. The van der Waals surface area contributed by atoms with Gasteiger partial charge in [-0.25, -0.2) is 0 Å². The van der Waals surface area contributed by atoms with E-state index in [0.29, 0.717) is 0 Å². The lowest BCUT2D eigenvalue weighted by molar-refractivity contribution is 0.793. The van der Waals surface area contributed by atoms with Gasteiger partial charge in [-0.2, -0.15) is 0 Å². The fraction of sp³-hybridized carbons (Fsp3) is 0.0294. The van der Waals surface area contributed by atoms with Crippen LogP contribution in [0.4, 0.5) is 17.1 Å². The maximum Gasteiger partial charge on any atom is 0.0726 e. The monoisotopic (exact) mass is 871 g/mol. The van der Waals surface area contributed by atoms with Gasteiger partial charge in [0.05, 0.1) is 22.2 Å². The molecule has 0 bridgehead atoms. The van der Waals surface area contributed by atoms with Crippen LogP contribution in [-0.4, -0.2) is 0 Å². The third-order valence-corrected chi connectivity index (χ3v) is 16.5. The van der Waals surface area contributed by atoms with Crippen LogP contribution in [0.5, 0.6) is 0 Å². The molecule has 318 valence electrons. The summed E-state index contributed by atoms with van der Waals surface area (Å²) < 4.78 is 0. The summed E-state index contributed by atoms with van der Waals surface area (Å²) in [5, 5.41) is 7.60. The Morgan fingerprint density at radius 2 is 0.507 bits per heavy atom. The number of hydrogen-bond acceptors (Lipinski definition) is 1. The smallest absolute Gasteiger partial charge is 0.0726 e. The minimum atomic E-state index is -0.480. The SMILES string of the molecule is c1ccc2c(c1)-c1ccccc1C21c2ccccc2-c2c(N(c3ccc4c5ccccc5c5ccccc5c4c3)c3cccc4c3-c3ccccc3C43c4ccccc4-c4ccccc43)cccc21. The largest absolute Gasteiger partial charge is 0.309 e. The first-order valence-corrected chi connectivity index (χ1v) is 24.3. The fourth-order valence-electron chi connectivity index (χ4n) is 14.1. The van der Waals surface area contributed by atoms with Gasteiger partial charge in [-0.1, -0.05) is 224 Å². The van der Waals surface area contributed by atoms with E-state index in [-0.39, 0.29) is 0 Å². The zero-order valence-electron chi connectivity index (χ0n) is 37.6. The molecule has 0 aliphatic heterocycles. The maximum atomic E-state index is 2.63. The molecule has 1 heteroatoms. The first-order chi connectivity index (χ1) is 34.3. The van der Waals surface area contributed by atoms with Crippen LogP contribution in [-0.2, 0) is 10.8 Å². The number of anilines is 3. The van der Waals surface area contributed by atoms with Gasteiger partial charge in [0.1, 0.15) is 0 Å². The highest BCUT2D eigenvalue weighted by Crippen LogP contribution is 2.67. The van der Waals surface area contributed by atoms with E-state index in [1.54, 1.807) is 0 Å². The third-order valence-electron chi connectivity index (χ3n) is 16.5. The minimum absolute atomic E-state index is 0.480. The molecular formula is C68H41N. The summed E-state index contributed by atoms with van der Waals surface area (Å²) in [4.78, 5) is 2.63. The Labute approximate surface area is 400 Å². The summed E-state index contributed by atoms with van der Waals surface area (Å²) in [5.41, 5.74) is 23.6. The molecule has 0 N–H and O–H groups in total. The molecule has 4 aliphatic rings. The van der Waals surface area contributed by atoms with Crippen molar-refractivity contribution in [3.05, 3.63) is 293 Å². The lowest BCUT2D eigenvalue weighted by Gasteiger charge is -2.33. The summed E-state index contributed by atoms with van der Waals surface area (Å²) in [6.07, 6.45) is 0. The van der Waals surface area contributed by atoms with E-state index in [1.807, 2.05) is 0 Å². The Morgan fingerprint density at radius 3 is 0.899 bits per heavy atom. The van der Waals surface area contributed by atoms with Crippen molar-refractivity contribution in [2.45, 2.75) is 10.8 Å². The average Bonchev–Trinajstić information content (AvgIpc) is 4.11. The van der Waals surface area contributed by atoms with Crippen molar-refractivity contribution in [2.24, 2.45) is 0 Å². The second-order valence-corrected chi connectivity index (χ2v) is 19.3. The molecule has 0 fully saturated rings. The van der Waals surface area contributed by atoms with E-state index in [1.165, 1.54) is 133 Å². The molecule has 69 heavy (non-hydrogen) atoms. The van der Waals surface area contributed by atoms with Crippen molar-refractivity contribution in [1.29, 1.82) is 0 Å². The molecule has 0 saturated carbocycles. The van der Waals surface area contributed by atoms with Gasteiger partial charge < -0.3 is 4.90 Å². The number of hydrogen-bond donors (Lipinski definition) is 0. The van der Waals surface area contributed by atoms with Crippen LogP contribution < -0.4 is 4.90 Å². The third kappa shape index (κ3) is 4.47. The molecule has 4 aliphatic carbocycles. The van der Waals surface area contributed by atoms with Crippen molar-refractivity contribution < 1.29 is 0 Å². The molecule has 0 aromatic heterocycles. The molecule has 0 radical (unpaired) electrons. The highest BCUT2D eigenvalue weighted by molar-refractivity contribution is 6.26. The molecule has 0 saturated heterocycles. The van der Waals surface area contributed by atoms with Crippen molar-refractivity contribution in [3.63, 3.8) is 0 Å². The second-order valence-electron chi connectivity index (χ2n) is 19.3. The van der Waals surface area contributed by atoms with Gasteiger partial charge >= 0.3 is 0 Å². The standard InChI is InChI=1S/C68H41N/c1-2-21-45-43(19-1)44-20-3-4-22-46(44)54-41-42(39-40-47(45)54)69(63-37-17-35-61-65(63)52-27-9-15-33-59(52)67(61)55-29-11-5-23-48(55)49-24-6-12-30-56(49)67)64-38-18-36-62-66(64)53-28-10-16-34-60(53)68(62)57-31-13-7-25-50(57)51-26-8-14-32-58(51)68/h1-41H. The maximum absolute atomic E-state index is 2.63. The van der Waals surface area contributed by atoms with Gasteiger partial charge in [0, 0.05) is 16.8 Å². The topological polar surface area (TPSA) is 3.24 Å². The van der Waals surface area contributed by atoms with Crippen molar-refractivity contribution >= 4 is 49.4 Å². The lowest BCUT2D eigenvalue weighted by Crippen LogP contribution is -2.26. The quantitative estimate of drug-likeness (QED) is 0.160. The van der Waals surface area contributed by atoms with E-state index < -0.39 is 10.8 Å². The number of nitrogens with zero attached hydrogens (tertiary/aromatic N) is 1. The summed E-state index contributed by atoms with van der Waals surface area (Å²) in [5.74, 6) is 0. The van der Waals surface area contributed by atoms with E-state index in [4.69, 9.17) is 0 Å².